The maximum atomic E-state index is 13.5. The van der Waals surface area contributed by atoms with E-state index in [1.165, 1.54) is 4.90 Å². The summed E-state index contributed by atoms with van der Waals surface area (Å²) in [6.45, 7) is 8.09. The first-order valence-electron chi connectivity index (χ1n) is 12.0. The van der Waals surface area contributed by atoms with Crippen LogP contribution in [0.5, 0.6) is 0 Å². The number of cyclic esters (lactones) is 1. The highest BCUT2D eigenvalue weighted by Crippen LogP contribution is 2.27. The van der Waals surface area contributed by atoms with Crippen molar-refractivity contribution in [1.29, 1.82) is 0 Å². The monoisotopic (exact) mass is 489 g/mol. The molecule has 1 aromatic rings. The predicted molar refractivity (Wildman–Crippen MR) is 126 cm³/mol. The molecule has 2 N–H and O–H groups in total. The fraction of sp³-hybridized carbons (Fsp3) is 0.600. The van der Waals surface area contributed by atoms with E-state index in [0.717, 1.165) is 5.56 Å². The molecule has 0 bridgehead atoms. The lowest BCUT2D eigenvalue weighted by atomic mass is 9.85. The summed E-state index contributed by atoms with van der Waals surface area (Å²) in [4.78, 5) is 52.3. The van der Waals surface area contributed by atoms with E-state index in [1.807, 2.05) is 51.1 Å². The van der Waals surface area contributed by atoms with Crippen LogP contribution < -0.4 is 10.6 Å². The van der Waals surface area contributed by atoms with Gasteiger partial charge in [0.15, 0.2) is 0 Å². The van der Waals surface area contributed by atoms with Gasteiger partial charge in [-0.25, -0.2) is 4.79 Å². The Kier molecular flexibility index (Phi) is 8.71. The lowest BCUT2D eigenvalue weighted by Gasteiger charge is -2.35. The van der Waals surface area contributed by atoms with Crippen LogP contribution in [0, 0.1) is 5.41 Å². The quantitative estimate of drug-likeness (QED) is 0.536. The number of hydrogen-bond donors (Lipinski definition) is 2. The Bertz CT molecular complexity index is 915. The third-order valence-corrected chi connectivity index (χ3v) is 6.05. The maximum Gasteiger partial charge on any atom is 0.408 e. The molecule has 0 unspecified atom stereocenters. The second kappa shape index (κ2) is 11.5. The molecule has 10 nitrogen and oxygen atoms in total. The van der Waals surface area contributed by atoms with Crippen molar-refractivity contribution in [2.24, 2.45) is 5.41 Å². The number of nitrogens with one attached hydrogen (secondary N) is 2. The van der Waals surface area contributed by atoms with Crippen molar-refractivity contribution in [2.45, 2.75) is 78.0 Å². The van der Waals surface area contributed by atoms with Crippen molar-refractivity contribution in [3.63, 3.8) is 0 Å². The highest BCUT2D eigenvalue weighted by Gasteiger charge is 2.44. The van der Waals surface area contributed by atoms with Gasteiger partial charge in [0, 0.05) is 13.2 Å². The van der Waals surface area contributed by atoms with E-state index < -0.39 is 41.9 Å². The molecule has 4 atom stereocenters. The first-order chi connectivity index (χ1) is 16.6. The molecule has 2 heterocycles. The predicted octanol–water partition coefficient (Wildman–Crippen LogP) is 2.11. The Morgan fingerprint density at radius 3 is 2.57 bits per heavy atom. The second-order valence-corrected chi connectivity index (χ2v) is 9.83. The molecule has 0 aliphatic carbocycles. The van der Waals surface area contributed by atoms with Gasteiger partial charge >= 0.3 is 12.1 Å². The molecule has 2 aliphatic heterocycles. The van der Waals surface area contributed by atoms with Crippen LogP contribution >= 0.6 is 0 Å². The van der Waals surface area contributed by atoms with Crippen LogP contribution in [0.2, 0.25) is 0 Å². The summed E-state index contributed by atoms with van der Waals surface area (Å²) in [5.74, 6) is -1.17. The number of likely N-dealkylation sites (tertiary alicyclic amines) is 1. The number of amides is 3. The highest BCUT2D eigenvalue weighted by molar-refractivity contribution is 5.92. The lowest BCUT2D eigenvalue weighted by molar-refractivity contribution is -0.164. The molecule has 35 heavy (non-hydrogen) atoms. The van der Waals surface area contributed by atoms with Crippen LogP contribution in [0.15, 0.2) is 30.3 Å². The van der Waals surface area contributed by atoms with Crippen molar-refractivity contribution in [2.75, 3.05) is 13.2 Å². The number of carbonyl (C=O) groups is 4. The molecule has 1 aromatic carbocycles. The zero-order valence-electron chi connectivity index (χ0n) is 20.7. The fourth-order valence-corrected chi connectivity index (χ4v) is 4.25. The molecule has 3 amide bonds. The minimum Gasteiger partial charge on any atom is -0.445 e. The Morgan fingerprint density at radius 2 is 1.91 bits per heavy atom. The molecule has 0 radical (unpaired) electrons. The minimum absolute atomic E-state index is 0.0104. The fourth-order valence-electron chi connectivity index (χ4n) is 4.25. The van der Waals surface area contributed by atoms with Gasteiger partial charge in [-0.3, -0.25) is 14.4 Å². The third-order valence-electron chi connectivity index (χ3n) is 6.05. The summed E-state index contributed by atoms with van der Waals surface area (Å²) in [5.41, 5.74) is 0.204. The van der Waals surface area contributed by atoms with Gasteiger partial charge in [-0.05, 0) is 30.7 Å². The van der Waals surface area contributed by atoms with Gasteiger partial charge in [-0.1, -0.05) is 51.1 Å². The van der Waals surface area contributed by atoms with E-state index in [-0.39, 0.29) is 24.8 Å². The average Bonchev–Trinajstić information content (AvgIpc) is 3.42. The van der Waals surface area contributed by atoms with Crippen molar-refractivity contribution in [1.82, 2.24) is 15.5 Å². The second-order valence-electron chi connectivity index (χ2n) is 9.83. The van der Waals surface area contributed by atoms with Crippen LogP contribution in [0.4, 0.5) is 4.79 Å². The van der Waals surface area contributed by atoms with Crippen molar-refractivity contribution >= 4 is 23.9 Å². The number of nitrogens with zero attached hydrogens (tertiary/aromatic N) is 1. The Morgan fingerprint density at radius 1 is 1.20 bits per heavy atom. The smallest absolute Gasteiger partial charge is 0.408 e. The molecule has 0 aromatic heterocycles. The van der Waals surface area contributed by atoms with E-state index in [2.05, 4.69) is 10.6 Å². The number of ether oxygens (including phenoxy) is 3. The van der Waals surface area contributed by atoms with E-state index in [0.29, 0.717) is 26.0 Å². The van der Waals surface area contributed by atoms with Crippen LogP contribution in [-0.2, 0) is 35.2 Å². The van der Waals surface area contributed by atoms with Crippen LogP contribution in [0.25, 0.3) is 0 Å². The Balaban J connectivity index is 1.64. The number of rotatable bonds is 8. The molecular formula is C25H35N3O7. The molecule has 3 rings (SSSR count). The van der Waals surface area contributed by atoms with Crippen molar-refractivity contribution in [3.05, 3.63) is 35.9 Å². The van der Waals surface area contributed by atoms with Gasteiger partial charge in [-0.15, -0.1) is 0 Å². The first kappa shape index (κ1) is 26.5. The van der Waals surface area contributed by atoms with Crippen LogP contribution in [0.3, 0.4) is 0 Å². The summed E-state index contributed by atoms with van der Waals surface area (Å²) >= 11 is 0. The average molecular weight is 490 g/mol. The Labute approximate surface area is 205 Å². The van der Waals surface area contributed by atoms with Gasteiger partial charge < -0.3 is 29.7 Å². The minimum atomic E-state index is -0.897. The maximum absolute atomic E-state index is 13.5. The number of alkyl carbamates (subject to hydrolysis) is 1. The molecule has 2 fully saturated rings. The van der Waals surface area contributed by atoms with E-state index in [1.54, 1.807) is 6.92 Å². The standard InChI is InChI=1S/C25H35N3O7/c1-5-33-23-17(14-19(29)35-23)26-21(30)18-12-9-13-28(18)22(31)20(25(2,3)4)27-24(32)34-15-16-10-7-6-8-11-16/h6-8,10-11,17-18,20,23H,5,9,12-15H2,1-4H3,(H,26,30)(H,27,32)/t17-,18-,20+,23+/m0/s1. The molecule has 2 saturated heterocycles. The molecule has 10 heteroatoms. The van der Waals surface area contributed by atoms with Gasteiger partial charge in [-0.2, -0.15) is 0 Å². The summed E-state index contributed by atoms with van der Waals surface area (Å²) in [5, 5.41) is 5.51. The topological polar surface area (TPSA) is 123 Å². The number of hydrogen-bond acceptors (Lipinski definition) is 7. The van der Waals surface area contributed by atoms with Crippen LogP contribution in [0.1, 0.15) is 52.5 Å². The number of benzene rings is 1. The largest absolute Gasteiger partial charge is 0.445 e. The van der Waals surface area contributed by atoms with Gasteiger partial charge in [0.1, 0.15) is 24.7 Å². The molecular weight excluding hydrogens is 454 g/mol. The van der Waals surface area contributed by atoms with Crippen LogP contribution in [-0.4, -0.2) is 66.3 Å². The lowest BCUT2D eigenvalue weighted by Crippen LogP contribution is -2.58. The number of esters is 1. The van der Waals surface area contributed by atoms with Gasteiger partial charge in [0.05, 0.1) is 6.42 Å². The molecule has 0 saturated carbocycles. The van der Waals surface area contributed by atoms with Crippen molar-refractivity contribution < 1.29 is 33.4 Å². The zero-order chi connectivity index (χ0) is 25.6. The van der Waals surface area contributed by atoms with Crippen molar-refractivity contribution in [3.8, 4) is 0 Å². The highest BCUT2D eigenvalue weighted by atomic mass is 16.7. The van der Waals surface area contributed by atoms with E-state index >= 15 is 0 Å². The zero-order valence-corrected chi connectivity index (χ0v) is 20.7. The molecule has 0 spiro atoms. The SMILES string of the molecule is CCO[C@@H]1OC(=O)C[C@@H]1NC(=O)[C@@H]1CCCN1C(=O)[C@@H](NC(=O)OCc1ccccc1)C(C)(C)C. The first-order valence-corrected chi connectivity index (χ1v) is 12.0. The Hall–Kier alpha value is -3.14. The summed E-state index contributed by atoms with van der Waals surface area (Å²) in [6, 6.07) is 7.02. The summed E-state index contributed by atoms with van der Waals surface area (Å²) in [7, 11) is 0. The van der Waals surface area contributed by atoms with Gasteiger partial charge in [0.2, 0.25) is 18.1 Å². The summed E-state index contributed by atoms with van der Waals surface area (Å²) < 4.78 is 15.8. The normalized spacial score (nSPS) is 22.9. The number of carbonyl (C=O) groups excluding carboxylic acids is 4. The molecule has 2 aliphatic rings. The molecule has 192 valence electrons. The third kappa shape index (κ3) is 6.94. The van der Waals surface area contributed by atoms with E-state index in [9.17, 15) is 19.2 Å². The summed E-state index contributed by atoms with van der Waals surface area (Å²) in [6.07, 6.45) is -0.410. The van der Waals surface area contributed by atoms with Gasteiger partial charge in [0.25, 0.3) is 0 Å². The van der Waals surface area contributed by atoms with E-state index in [4.69, 9.17) is 14.2 Å².